The molecule has 0 unspecified atom stereocenters. The van der Waals surface area contributed by atoms with Crippen LogP contribution in [0.3, 0.4) is 0 Å². The summed E-state index contributed by atoms with van der Waals surface area (Å²) >= 11 is 0. The van der Waals surface area contributed by atoms with Crippen LogP contribution in [0.15, 0.2) is 114 Å². The van der Waals surface area contributed by atoms with Crippen molar-refractivity contribution in [2.75, 3.05) is 17.4 Å². The molecule has 0 bridgehead atoms. The molecule has 0 saturated carbocycles. The minimum Gasteiger partial charge on any atom is -0.355 e. The fraction of sp³-hybridized carbons (Fsp3) is 0.235. The third-order valence-corrected chi connectivity index (χ3v) is 8.78. The molecule has 0 heterocycles. The van der Waals surface area contributed by atoms with E-state index in [-0.39, 0.29) is 23.8 Å². The van der Waals surface area contributed by atoms with E-state index in [2.05, 4.69) is 5.32 Å². The largest absolute Gasteiger partial charge is 0.355 e. The monoisotopic (exact) mass is 583 g/mol. The summed E-state index contributed by atoms with van der Waals surface area (Å²) in [7, 11) is -4.12. The van der Waals surface area contributed by atoms with Crippen molar-refractivity contribution < 1.29 is 18.0 Å². The Balaban J connectivity index is 1.78. The van der Waals surface area contributed by atoms with Crippen molar-refractivity contribution in [3.8, 4) is 0 Å². The Morgan fingerprint density at radius 1 is 0.762 bits per heavy atom. The molecule has 1 N–H and O–H groups in total. The number of hydrogen-bond donors (Lipinski definition) is 1. The first kappa shape index (κ1) is 30.5. The molecular formula is C34H37N3O4S. The maximum Gasteiger partial charge on any atom is 0.264 e. The van der Waals surface area contributed by atoms with Crippen molar-refractivity contribution in [2.45, 2.75) is 44.7 Å². The maximum atomic E-state index is 14.3. The number of hydrogen-bond acceptors (Lipinski definition) is 4. The van der Waals surface area contributed by atoms with Gasteiger partial charge in [0.1, 0.15) is 12.6 Å². The Labute approximate surface area is 248 Å². The number of carbonyl (C=O) groups is 2. The van der Waals surface area contributed by atoms with Crippen LogP contribution < -0.4 is 9.62 Å². The lowest BCUT2D eigenvalue weighted by atomic mass is 10.0. The number of anilines is 1. The summed E-state index contributed by atoms with van der Waals surface area (Å²) in [5.41, 5.74) is 3.88. The number of benzene rings is 4. The zero-order valence-electron chi connectivity index (χ0n) is 24.2. The number of amides is 2. The highest BCUT2D eigenvalue weighted by Crippen LogP contribution is 2.26. The van der Waals surface area contributed by atoms with Gasteiger partial charge in [0.25, 0.3) is 10.0 Å². The lowest BCUT2D eigenvalue weighted by Gasteiger charge is -2.34. The topological polar surface area (TPSA) is 86.8 Å². The van der Waals surface area contributed by atoms with Crippen LogP contribution in [0.4, 0.5) is 5.69 Å². The first-order valence-electron chi connectivity index (χ1n) is 14.0. The van der Waals surface area contributed by atoms with Gasteiger partial charge in [0, 0.05) is 19.5 Å². The Hall–Kier alpha value is -4.43. The highest BCUT2D eigenvalue weighted by Gasteiger charge is 2.34. The second-order valence-electron chi connectivity index (χ2n) is 10.3. The van der Waals surface area contributed by atoms with Gasteiger partial charge in [0.2, 0.25) is 11.8 Å². The number of nitrogens with one attached hydrogen (secondary N) is 1. The summed E-state index contributed by atoms with van der Waals surface area (Å²) in [5.74, 6) is -0.780. The number of rotatable bonds is 12. The van der Waals surface area contributed by atoms with Crippen LogP contribution >= 0.6 is 0 Å². The molecule has 2 amide bonds. The minimum absolute atomic E-state index is 0.0848. The van der Waals surface area contributed by atoms with Gasteiger partial charge in [-0.3, -0.25) is 13.9 Å². The first-order chi connectivity index (χ1) is 20.2. The lowest BCUT2D eigenvalue weighted by molar-refractivity contribution is -0.140. The van der Waals surface area contributed by atoms with E-state index in [1.54, 1.807) is 42.5 Å². The molecule has 0 spiro atoms. The normalized spacial score (nSPS) is 11.9. The standard InChI is InChI=1S/C34H37N3O4S/c1-4-35-34(39)32(23-28-13-7-5-8-14-28)36(24-29-15-9-6-10-16-29)33(38)25-37(30-17-11-12-27(3)22-30)42(40,41)31-20-18-26(2)19-21-31/h5-22,32H,4,23-25H2,1-3H3,(H,35,39)/t32-/m0/s1. The third kappa shape index (κ3) is 7.64. The van der Waals surface area contributed by atoms with Crippen molar-refractivity contribution in [3.63, 3.8) is 0 Å². The van der Waals surface area contributed by atoms with E-state index in [9.17, 15) is 18.0 Å². The van der Waals surface area contributed by atoms with Gasteiger partial charge >= 0.3 is 0 Å². The summed E-state index contributed by atoms with van der Waals surface area (Å²) in [6.45, 7) is 5.64. The number of carbonyl (C=O) groups excluding carboxylic acids is 2. The lowest BCUT2D eigenvalue weighted by Crippen LogP contribution is -2.53. The Kier molecular flexibility index (Phi) is 10.1. The van der Waals surface area contributed by atoms with Crippen LogP contribution in [0.25, 0.3) is 0 Å². The number of sulfonamides is 1. The molecule has 218 valence electrons. The second-order valence-corrected chi connectivity index (χ2v) is 12.1. The molecule has 0 radical (unpaired) electrons. The molecule has 7 nitrogen and oxygen atoms in total. The second kappa shape index (κ2) is 14.0. The average molecular weight is 584 g/mol. The maximum absolute atomic E-state index is 14.3. The van der Waals surface area contributed by atoms with Gasteiger partial charge in [0.15, 0.2) is 0 Å². The molecule has 42 heavy (non-hydrogen) atoms. The highest BCUT2D eigenvalue weighted by atomic mass is 32.2. The summed E-state index contributed by atoms with van der Waals surface area (Å²) in [6.07, 6.45) is 0.278. The van der Waals surface area contributed by atoms with E-state index in [4.69, 9.17) is 0 Å². The highest BCUT2D eigenvalue weighted by molar-refractivity contribution is 7.92. The van der Waals surface area contributed by atoms with Crippen molar-refractivity contribution >= 4 is 27.5 Å². The van der Waals surface area contributed by atoms with Crippen LogP contribution in [0.5, 0.6) is 0 Å². The van der Waals surface area contributed by atoms with Crippen LogP contribution in [-0.4, -0.2) is 44.3 Å². The Morgan fingerprint density at radius 3 is 1.98 bits per heavy atom. The molecule has 4 rings (SSSR count). The Morgan fingerprint density at radius 2 is 1.38 bits per heavy atom. The zero-order valence-corrected chi connectivity index (χ0v) is 25.1. The molecule has 1 atom stereocenters. The van der Waals surface area contributed by atoms with Crippen LogP contribution in [0, 0.1) is 13.8 Å². The summed E-state index contributed by atoms with van der Waals surface area (Å²) in [6, 6.07) is 31.7. The molecule has 0 fully saturated rings. The molecule has 0 aromatic heterocycles. The van der Waals surface area contributed by atoms with Crippen LogP contribution in [0.2, 0.25) is 0 Å². The number of nitrogens with zero attached hydrogens (tertiary/aromatic N) is 2. The minimum atomic E-state index is -4.12. The van der Waals surface area contributed by atoms with E-state index in [1.165, 1.54) is 4.90 Å². The van der Waals surface area contributed by atoms with E-state index in [0.717, 1.165) is 26.6 Å². The summed E-state index contributed by atoms with van der Waals surface area (Å²) in [5, 5.41) is 2.88. The fourth-order valence-electron chi connectivity index (χ4n) is 4.78. The molecular weight excluding hydrogens is 546 g/mol. The third-order valence-electron chi connectivity index (χ3n) is 7.00. The zero-order chi connectivity index (χ0) is 30.1. The van der Waals surface area contributed by atoms with E-state index in [1.807, 2.05) is 87.5 Å². The summed E-state index contributed by atoms with van der Waals surface area (Å²) < 4.78 is 29.2. The predicted molar refractivity (Wildman–Crippen MR) is 166 cm³/mol. The van der Waals surface area contributed by atoms with Gasteiger partial charge in [-0.05, 0) is 61.7 Å². The van der Waals surface area contributed by atoms with Gasteiger partial charge in [-0.25, -0.2) is 8.42 Å². The smallest absolute Gasteiger partial charge is 0.264 e. The molecule has 0 aliphatic carbocycles. The molecule has 0 aliphatic rings. The van der Waals surface area contributed by atoms with Crippen molar-refractivity contribution in [1.29, 1.82) is 0 Å². The number of aryl methyl sites for hydroxylation is 2. The van der Waals surface area contributed by atoms with Crippen molar-refractivity contribution in [1.82, 2.24) is 10.2 Å². The van der Waals surface area contributed by atoms with Gasteiger partial charge in [-0.2, -0.15) is 0 Å². The van der Waals surface area contributed by atoms with Gasteiger partial charge < -0.3 is 10.2 Å². The van der Waals surface area contributed by atoms with Crippen molar-refractivity contribution in [3.05, 3.63) is 131 Å². The summed E-state index contributed by atoms with van der Waals surface area (Å²) in [4.78, 5) is 29.4. The van der Waals surface area contributed by atoms with E-state index >= 15 is 0 Å². The van der Waals surface area contributed by atoms with Crippen molar-refractivity contribution in [2.24, 2.45) is 0 Å². The SMILES string of the molecule is CCNC(=O)[C@H](Cc1ccccc1)N(Cc1ccccc1)C(=O)CN(c1cccc(C)c1)S(=O)(=O)c1ccc(C)cc1. The molecule has 8 heteroatoms. The average Bonchev–Trinajstić information content (AvgIpc) is 2.99. The van der Waals surface area contributed by atoms with Gasteiger partial charge in [-0.1, -0.05) is 90.5 Å². The molecule has 0 saturated heterocycles. The van der Waals surface area contributed by atoms with Gasteiger partial charge in [0.05, 0.1) is 10.6 Å². The Bertz CT molecular complexity index is 1590. The van der Waals surface area contributed by atoms with Crippen LogP contribution in [-0.2, 0) is 32.6 Å². The molecule has 0 aliphatic heterocycles. The molecule has 4 aromatic rings. The van der Waals surface area contributed by atoms with E-state index < -0.39 is 28.5 Å². The first-order valence-corrected chi connectivity index (χ1v) is 15.4. The van der Waals surface area contributed by atoms with E-state index in [0.29, 0.717) is 12.2 Å². The molecule has 4 aromatic carbocycles. The quantitative estimate of drug-likeness (QED) is 0.246. The number of likely N-dealkylation sites (N-methyl/N-ethyl adjacent to an activating group) is 1. The fourth-order valence-corrected chi connectivity index (χ4v) is 6.18. The van der Waals surface area contributed by atoms with Gasteiger partial charge in [-0.15, -0.1) is 0 Å². The predicted octanol–water partition coefficient (Wildman–Crippen LogP) is 5.27. The van der Waals surface area contributed by atoms with Crippen LogP contribution in [0.1, 0.15) is 29.2 Å².